The number of hydrogen-bond acceptors (Lipinski definition) is 6. The zero-order chi connectivity index (χ0) is 26.7. The Morgan fingerprint density at radius 2 is 1.92 bits per heavy atom. The number of rotatable bonds is 9. The van der Waals surface area contributed by atoms with Gasteiger partial charge < -0.3 is 10.2 Å². The highest BCUT2D eigenvalue weighted by Gasteiger charge is 2.27. The van der Waals surface area contributed by atoms with Gasteiger partial charge in [0.15, 0.2) is 0 Å². The molecule has 0 aliphatic carbocycles. The van der Waals surface area contributed by atoms with Crippen molar-refractivity contribution in [1.82, 2.24) is 20.1 Å². The Balaban J connectivity index is 1.27. The highest BCUT2D eigenvalue weighted by Crippen LogP contribution is 2.23. The molecule has 1 amide bonds. The van der Waals surface area contributed by atoms with Crippen LogP contribution in [-0.4, -0.2) is 79.3 Å². The first-order valence-corrected chi connectivity index (χ1v) is 13.9. The average molecular weight is 535 g/mol. The van der Waals surface area contributed by atoms with Crippen molar-refractivity contribution in [3.63, 3.8) is 0 Å². The van der Waals surface area contributed by atoms with E-state index in [-0.39, 0.29) is 5.91 Å². The number of halogens is 1. The number of piperidine rings is 1. The lowest BCUT2D eigenvalue weighted by Crippen LogP contribution is -2.46. The second-order valence-corrected chi connectivity index (χ2v) is 10.3. The van der Waals surface area contributed by atoms with Gasteiger partial charge in [-0.05, 0) is 81.4 Å². The Kier molecular flexibility index (Phi) is 10.5. The first-order chi connectivity index (χ1) is 18.6. The fourth-order valence-electron chi connectivity index (χ4n) is 5.25. The van der Waals surface area contributed by atoms with Crippen molar-refractivity contribution in [2.45, 2.75) is 38.8 Å². The second kappa shape index (κ2) is 14.2. The lowest BCUT2D eigenvalue weighted by Gasteiger charge is -2.38. The average Bonchev–Trinajstić information content (AvgIpc) is 3.21. The summed E-state index contributed by atoms with van der Waals surface area (Å²) in [4.78, 5) is 28.7. The van der Waals surface area contributed by atoms with Gasteiger partial charge in [-0.3, -0.25) is 19.6 Å². The van der Waals surface area contributed by atoms with Crippen LogP contribution in [0.15, 0.2) is 71.4 Å². The second-order valence-electron chi connectivity index (χ2n) is 9.90. The third-order valence-electron chi connectivity index (χ3n) is 7.46. The number of nitrogens with zero attached hydrogens (tertiary/aromatic N) is 5. The molecule has 2 aliphatic rings. The first-order valence-electron chi connectivity index (χ1n) is 13.5. The molecule has 2 aromatic rings. The summed E-state index contributed by atoms with van der Waals surface area (Å²) in [6, 6.07) is 14.5. The van der Waals surface area contributed by atoms with Crippen molar-refractivity contribution in [3.8, 4) is 0 Å². The number of aromatic nitrogens is 1. The number of benzene rings is 1. The molecule has 7 nitrogen and oxygen atoms in total. The Hall–Kier alpha value is -3.00. The van der Waals surface area contributed by atoms with Crippen LogP contribution in [0.1, 0.15) is 42.2 Å². The fraction of sp³-hybridized carbons (Fsp3) is 0.433. The van der Waals surface area contributed by atoms with Crippen molar-refractivity contribution >= 4 is 30.0 Å². The van der Waals surface area contributed by atoms with Gasteiger partial charge in [-0.15, -0.1) is 0 Å². The molecule has 4 rings (SSSR count). The Labute approximate surface area is 231 Å². The molecule has 0 spiro atoms. The lowest BCUT2D eigenvalue weighted by atomic mass is 10.0. The number of allylic oxidation sites excluding steroid dienone is 1. The number of pyridine rings is 1. The Morgan fingerprint density at radius 1 is 1.11 bits per heavy atom. The molecule has 2 saturated heterocycles. The lowest BCUT2D eigenvalue weighted by molar-refractivity contribution is 0.0952. The number of carbonyl (C=O) groups is 1. The van der Waals surface area contributed by atoms with Crippen LogP contribution in [0.4, 0.5) is 5.82 Å². The number of aliphatic imine (C=N–C) groups is 1. The normalized spacial score (nSPS) is 18.5. The third-order valence-corrected chi connectivity index (χ3v) is 7.83. The molecule has 1 aromatic heterocycles. The van der Waals surface area contributed by atoms with Gasteiger partial charge in [-0.25, -0.2) is 4.98 Å². The van der Waals surface area contributed by atoms with Gasteiger partial charge in [-0.2, -0.15) is 0 Å². The summed E-state index contributed by atoms with van der Waals surface area (Å²) in [6.07, 6.45) is 8.86. The predicted molar refractivity (Wildman–Crippen MR) is 157 cm³/mol. The molecule has 0 unspecified atom stereocenters. The van der Waals surface area contributed by atoms with Crippen LogP contribution in [0, 0.1) is 0 Å². The molecule has 3 heterocycles. The van der Waals surface area contributed by atoms with Crippen LogP contribution in [0.3, 0.4) is 0 Å². The zero-order valence-corrected chi connectivity index (χ0v) is 23.1. The maximum Gasteiger partial charge on any atom is 0.270 e. The van der Waals surface area contributed by atoms with Crippen LogP contribution >= 0.6 is 11.6 Å². The fourth-order valence-corrected chi connectivity index (χ4v) is 5.44. The van der Waals surface area contributed by atoms with E-state index >= 15 is 0 Å². The minimum absolute atomic E-state index is 0.175. The summed E-state index contributed by atoms with van der Waals surface area (Å²) in [5.41, 5.74) is 2.62. The first kappa shape index (κ1) is 28.0. The summed E-state index contributed by atoms with van der Waals surface area (Å²) in [7, 11) is 0. The molecule has 8 heteroatoms. The largest absolute Gasteiger partial charge is 0.355 e. The highest BCUT2D eigenvalue weighted by atomic mass is 35.5. The van der Waals surface area contributed by atoms with Gasteiger partial charge in [0.25, 0.3) is 5.91 Å². The monoisotopic (exact) mass is 534 g/mol. The van der Waals surface area contributed by atoms with Gasteiger partial charge in [0.1, 0.15) is 11.5 Å². The number of likely N-dealkylation sites (tertiary alicyclic amines) is 1. The molecule has 0 atom stereocenters. The molecule has 0 radical (unpaired) electrons. The number of hydrogen-bond donors (Lipinski definition) is 1. The molecule has 38 heavy (non-hydrogen) atoms. The molecular weight excluding hydrogens is 496 g/mol. The third kappa shape index (κ3) is 7.76. The molecular formula is C30H39ClN6O. The van der Waals surface area contributed by atoms with Gasteiger partial charge in [0, 0.05) is 56.5 Å². The summed E-state index contributed by atoms with van der Waals surface area (Å²) >= 11 is 6.38. The SMILES string of the molecule is C=N/C=C\C(=C/C)CNC(=O)c1cccc(N2CCCN(C3CCN(Cc4ccccc4Cl)CC3)CC2)n1. The van der Waals surface area contributed by atoms with E-state index in [1.165, 1.54) is 18.4 Å². The van der Waals surface area contributed by atoms with E-state index in [4.69, 9.17) is 16.6 Å². The van der Waals surface area contributed by atoms with Crippen molar-refractivity contribution in [2.24, 2.45) is 4.99 Å². The van der Waals surface area contributed by atoms with Crippen LogP contribution < -0.4 is 10.2 Å². The van der Waals surface area contributed by atoms with E-state index < -0.39 is 0 Å². The number of anilines is 1. The Bertz CT molecular complexity index is 1140. The maximum atomic E-state index is 12.8. The minimum atomic E-state index is -0.175. The number of carbonyl (C=O) groups excluding carboxylic acids is 1. The van der Waals surface area contributed by atoms with E-state index in [0.717, 1.165) is 68.6 Å². The number of amides is 1. The van der Waals surface area contributed by atoms with Crippen molar-refractivity contribution in [1.29, 1.82) is 0 Å². The van der Waals surface area contributed by atoms with Crippen LogP contribution in [0.2, 0.25) is 5.02 Å². The van der Waals surface area contributed by atoms with E-state index in [2.05, 4.69) is 43.9 Å². The summed E-state index contributed by atoms with van der Waals surface area (Å²) in [5, 5.41) is 3.81. The van der Waals surface area contributed by atoms with E-state index in [9.17, 15) is 4.79 Å². The summed E-state index contributed by atoms with van der Waals surface area (Å²) < 4.78 is 0. The number of nitrogens with one attached hydrogen (secondary N) is 1. The van der Waals surface area contributed by atoms with Gasteiger partial charge in [0.05, 0.1) is 0 Å². The molecule has 0 saturated carbocycles. The molecule has 202 valence electrons. The molecule has 2 aliphatic heterocycles. The topological polar surface area (TPSA) is 64.1 Å². The van der Waals surface area contributed by atoms with Crippen molar-refractivity contribution in [2.75, 3.05) is 50.7 Å². The van der Waals surface area contributed by atoms with Gasteiger partial charge >= 0.3 is 0 Å². The van der Waals surface area contributed by atoms with Gasteiger partial charge in [-0.1, -0.05) is 41.9 Å². The quantitative estimate of drug-likeness (QED) is 0.370. The van der Waals surface area contributed by atoms with Crippen LogP contribution in [0.25, 0.3) is 0 Å². The highest BCUT2D eigenvalue weighted by molar-refractivity contribution is 6.31. The van der Waals surface area contributed by atoms with Gasteiger partial charge in [0.2, 0.25) is 0 Å². The van der Waals surface area contributed by atoms with Crippen LogP contribution in [0.5, 0.6) is 0 Å². The van der Waals surface area contributed by atoms with E-state index in [1.807, 2.05) is 43.3 Å². The van der Waals surface area contributed by atoms with E-state index in [1.54, 1.807) is 12.3 Å². The maximum absolute atomic E-state index is 12.8. The zero-order valence-electron chi connectivity index (χ0n) is 22.4. The Morgan fingerprint density at radius 3 is 2.68 bits per heavy atom. The molecule has 1 N–H and O–H groups in total. The minimum Gasteiger partial charge on any atom is -0.355 e. The molecule has 2 fully saturated rings. The summed E-state index contributed by atoms with van der Waals surface area (Å²) in [5.74, 6) is 0.697. The standard InChI is InChI=1S/C30H39ClN6O/c1-3-24(12-15-32-2)22-33-30(38)28-10-6-11-29(34-28)37-17-7-16-36(20-21-37)26-13-18-35(19-14-26)23-25-8-4-5-9-27(25)31/h3-6,8-12,15,26H,2,7,13-14,16-23H2,1H3,(H,33,38)/b15-12-,24-3+. The predicted octanol–water partition coefficient (Wildman–Crippen LogP) is 4.80. The van der Waals surface area contributed by atoms with Crippen molar-refractivity contribution < 1.29 is 4.79 Å². The van der Waals surface area contributed by atoms with E-state index in [0.29, 0.717) is 18.3 Å². The molecule has 1 aromatic carbocycles. The van der Waals surface area contributed by atoms with Crippen molar-refractivity contribution in [3.05, 3.63) is 82.7 Å². The molecule has 0 bridgehead atoms. The summed E-state index contributed by atoms with van der Waals surface area (Å²) in [6.45, 7) is 12.9. The smallest absolute Gasteiger partial charge is 0.270 e. The van der Waals surface area contributed by atoms with Crippen LogP contribution in [-0.2, 0) is 6.54 Å².